The first-order valence-corrected chi connectivity index (χ1v) is 9.26. The number of nitrogens with one attached hydrogen (secondary N) is 2. The van der Waals surface area contributed by atoms with Crippen molar-refractivity contribution in [3.8, 4) is 11.5 Å². The molecule has 0 unspecified atom stereocenters. The SMILES string of the molecule is COc1cc(/C=C2/NC(=O)N(CC(=O)Nc3ccccc3F)C2=O)ccc1OCC(N)=O. The minimum absolute atomic E-state index is 0.0638. The third-order valence-electron chi connectivity index (χ3n) is 4.28. The molecule has 5 amide bonds. The van der Waals surface area contributed by atoms with Crippen LogP contribution in [0.2, 0.25) is 0 Å². The number of hydrogen-bond donors (Lipinski definition) is 3. The smallest absolute Gasteiger partial charge is 0.329 e. The molecular weight excluding hydrogens is 423 g/mol. The highest BCUT2D eigenvalue weighted by atomic mass is 19.1. The van der Waals surface area contributed by atoms with Gasteiger partial charge in [0, 0.05) is 0 Å². The fourth-order valence-electron chi connectivity index (χ4n) is 2.82. The van der Waals surface area contributed by atoms with Gasteiger partial charge in [-0.15, -0.1) is 0 Å². The summed E-state index contributed by atoms with van der Waals surface area (Å²) in [6.45, 7) is -0.936. The second-order valence-electron chi connectivity index (χ2n) is 6.57. The number of halogens is 1. The van der Waals surface area contributed by atoms with E-state index < -0.39 is 36.1 Å². The molecule has 0 spiro atoms. The van der Waals surface area contributed by atoms with Crippen LogP contribution in [0.5, 0.6) is 11.5 Å². The molecule has 1 saturated heterocycles. The van der Waals surface area contributed by atoms with Crippen LogP contribution in [-0.4, -0.2) is 48.9 Å². The molecule has 1 aliphatic heterocycles. The third kappa shape index (κ3) is 5.19. The van der Waals surface area contributed by atoms with Crippen molar-refractivity contribution in [3.63, 3.8) is 0 Å². The van der Waals surface area contributed by atoms with Crippen molar-refractivity contribution in [2.24, 2.45) is 5.73 Å². The molecule has 1 fully saturated rings. The Kier molecular flexibility index (Phi) is 6.68. The van der Waals surface area contributed by atoms with E-state index >= 15 is 0 Å². The number of imide groups is 1. The van der Waals surface area contributed by atoms with E-state index in [-0.39, 0.29) is 29.5 Å². The largest absolute Gasteiger partial charge is 0.493 e. The van der Waals surface area contributed by atoms with Crippen molar-refractivity contribution in [1.82, 2.24) is 10.2 Å². The predicted octanol–water partition coefficient (Wildman–Crippen LogP) is 1.23. The molecule has 3 rings (SSSR count). The van der Waals surface area contributed by atoms with Gasteiger partial charge in [-0.05, 0) is 35.9 Å². The Labute approximate surface area is 181 Å². The van der Waals surface area contributed by atoms with E-state index in [2.05, 4.69) is 10.6 Å². The lowest BCUT2D eigenvalue weighted by atomic mass is 10.1. The van der Waals surface area contributed by atoms with Crippen LogP contribution in [0.25, 0.3) is 6.08 Å². The molecule has 4 N–H and O–H groups in total. The average Bonchev–Trinajstić information content (AvgIpc) is 3.01. The van der Waals surface area contributed by atoms with E-state index in [4.69, 9.17) is 15.2 Å². The number of para-hydroxylation sites is 1. The van der Waals surface area contributed by atoms with Crippen molar-refractivity contribution in [1.29, 1.82) is 0 Å². The van der Waals surface area contributed by atoms with E-state index in [9.17, 15) is 23.6 Å². The summed E-state index contributed by atoms with van der Waals surface area (Å²) in [6.07, 6.45) is 1.38. The van der Waals surface area contributed by atoms with Gasteiger partial charge in [-0.3, -0.25) is 14.4 Å². The number of benzene rings is 2. The zero-order chi connectivity index (χ0) is 23.3. The molecule has 0 bridgehead atoms. The zero-order valence-electron chi connectivity index (χ0n) is 16.9. The van der Waals surface area contributed by atoms with Crippen molar-refractivity contribution in [2.45, 2.75) is 0 Å². The maximum absolute atomic E-state index is 13.7. The van der Waals surface area contributed by atoms with Gasteiger partial charge in [0.2, 0.25) is 5.91 Å². The molecule has 0 radical (unpaired) electrons. The minimum atomic E-state index is -0.793. The number of nitrogens with zero attached hydrogens (tertiary/aromatic N) is 1. The molecule has 0 aliphatic carbocycles. The van der Waals surface area contributed by atoms with Crippen LogP contribution in [0.15, 0.2) is 48.2 Å². The molecule has 1 aliphatic rings. The number of hydrogen-bond acceptors (Lipinski definition) is 6. The Bertz CT molecular complexity index is 1120. The number of methoxy groups -OCH3 is 1. The van der Waals surface area contributed by atoms with Crippen LogP contribution in [0, 0.1) is 5.82 Å². The summed E-state index contributed by atoms with van der Waals surface area (Å²) in [7, 11) is 1.39. The Morgan fingerprint density at radius 2 is 1.94 bits per heavy atom. The molecule has 0 atom stereocenters. The lowest BCUT2D eigenvalue weighted by Crippen LogP contribution is -2.38. The minimum Gasteiger partial charge on any atom is -0.493 e. The van der Waals surface area contributed by atoms with Crippen LogP contribution in [0.1, 0.15) is 5.56 Å². The summed E-state index contributed by atoms with van der Waals surface area (Å²) >= 11 is 0. The lowest BCUT2D eigenvalue weighted by molar-refractivity contribution is -0.127. The van der Waals surface area contributed by atoms with E-state index in [1.54, 1.807) is 6.07 Å². The van der Waals surface area contributed by atoms with Gasteiger partial charge >= 0.3 is 6.03 Å². The number of urea groups is 1. The monoisotopic (exact) mass is 442 g/mol. The quantitative estimate of drug-likeness (QED) is 0.415. The number of carbonyl (C=O) groups excluding carboxylic acids is 4. The number of rotatable bonds is 8. The highest BCUT2D eigenvalue weighted by Gasteiger charge is 2.35. The van der Waals surface area contributed by atoms with Crippen molar-refractivity contribution in [2.75, 3.05) is 25.6 Å². The van der Waals surface area contributed by atoms with Gasteiger partial charge < -0.3 is 25.8 Å². The summed E-state index contributed by atoms with van der Waals surface area (Å²) in [5.41, 5.74) is 5.40. The molecule has 0 saturated carbocycles. The first-order valence-electron chi connectivity index (χ1n) is 9.26. The van der Waals surface area contributed by atoms with Gasteiger partial charge in [0.05, 0.1) is 12.8 Å². The number of ether oxygens (including phenoxy) is 2. The molecule has 0 aromatic heterocycles. The van der Waals surface area contributed by atoms with Gasteiger partial charge in [0.1, 0.15) is 18.1 Å². The maximum atomic E-state index is 13.7. The standard InChI is InChI=1S/C21H19FN4O6/c1-31-17-9-12(6-7-16(17)32-11-18(23)27)8-15-20(29)26(21(30)25-15)10-19(28)24-14-5-3-2-4-13(14)22/h2-9H,10-11H2,1H3,(H2,23,27)(H,24,28)(H,25,30)/b15-8+. The second kappa shape index (κ2) is 9.60. The molecule has 166 valence electrons. The normalized spacial score (nSPS) is 14.3. The van der Waals surface area contributed by atoms with Crippen LogP contribution < -0.4 is 25.8 Å². The molecule has 11 heteroatoms. The zero-order valence-corrected chi connectivity index (χ0v) is 16.9. The van der Waals surface area contributed by atoms with Crippen LogP contribution in [0.3, 0.4) is 0 Å². The molecule has 2 aromatic carbocycles. The molecule has 10 nitrogen and oxygen atoms in total. The van der Waals surface area contributed by atoms with Gasteiger partial charge in [-0.25, -0.2) is 14.1 Å². The van der Waals surface area contributed by atoms with E-state index in [0.29, 0.717) is 10.5 Å². The average molecular weight is 442 g/mol. The fraction of sp³-hybridized carbons (Fsp3) is 0.143. The number of primary amides is 1. The summed E-state index contributed by atoms with van der Waals surface area (Å²) in [5.74, 6) is -2.23. The first kappa shape index (κ1) is 22.3. The molecule has 32 heavy (non-hydrogen) atoms. The van der Waals surface area contributed by atoms with Gasteiger partial charge in [0.15, 0.2) is 18.1 Å². The fourth-order valence-corrected chi connectivity index (χ4v) is 2.82. The Morgan fingerprint density at radius 1 is 1.19 bits per heavy atom. The highest BCUT2D eigenvalue weighted by molar-refractivity contribution is 6.16. The van der Waals surface area contributed by atoms with Gasteiger partial charge in [0.25, 0.3) is 11.8 Å². The Hall–Kier alpha value is -4.41. The van der Waals surface area contributed by atoms with E-state index in [1.807, 2.05) is 0 Å². The number of carbonyl (C=O) groups is 4. The van der Waals surface area contributed by atoms with Crippen LogP contribution in [-0.2, 0) is 14.4 Å². The van der Waals surface area contributed by atoms with Gasteiger partial charge in [-0.1, -0.05) is 18.2 Å². The Balaban J connectivity index is 1.71. The summed E-state index contributed by atoms with van der Waals surface area (Å²) in [4.78, 5) is 48.5. The number of anilines is 1. The first-order chi connectivity index (χ1) is 15.3. The van der Waals surface area contributed by atoms with E-state index in [1.165, 1.54) is 49.6 Å². The molecular formula is C21H19FN4O6. The van der Waals surface area contributed by atoms with Crippen molar-refractivity contribution < 1.29 is 33.0 Å². The molecule has 1 heterocycles. The Morgan fingerprint density at radius 3 is 2.62 bits per heavy atom. The number of amides is 5. The van der Waals surface area contributed by atoms with E-state index in [0.717, 1.165) is 0 Å². The third-order valence-corrected chi connectivity index (χ3v) is 4.28. The highest BCUT2D eigenvalue weighted by Crippen LogP contribution is 2.29. The predicted molar refractivity (Wildman–Crippen MR) is 111 cm³/mol. The van der Waals surface area contributed by atoms with Crippen LogP contribution in [0.4, 0.5) is 14.9 Å². The van der Waals surface area contributed by atoms with Crippen molar-refractivity contribution >= 4 is 35.5 Å². The maximum Gasteiger partial charge on any atom is 0.329 e. The molecule has 2 aromatic rings. The van der Waals surface area contributed by atoms with Crippen LogP contribution >= 0.6 is 0 Å². The summed E-state index contributed by atoms with van der Waals surface area (Å²) in [5, 5.41) is 4.70. The second-order valence-corrected chi connectivity index (χ2v) is 6.57. The topological polar surface area (TPSA) is 140 Å². The number of nitrogens with two attached hydrogens (primary N) is 1. The summed E-state index contributed by atoms with van der Waals surface area (Å²) < 4.78 is 24.1. The summed E-state index contributed by atoms with van der Waals surface area (Å²) in [6, 6.07) is 9.33. The van der Waals surface area contributed by atoms with Crippen molar-refractivity contribution in [3.05, 3.63) is 59.5 Å². The van der Waals surface area contributed by atoms with Gasteiger partial charge in [-0.2, -0.15) is 0 Å². The lowest BCUT2D eigenvalue weighted by Gasteiger charge is -2.12.